The quantitative estimate of drug-likeness (QED) is 0.425. The molecule has 3 aromatic heterocycles. The fourth-order valence-corrected chi connectivity index (χ4v) is 4.03. The van der Waals surface area contributed by atoms with Crippen molar-refractivity contribution in [2.24, 2.45) is 0 Å². The van der Waals surface area contributed by atoms with Crippen LogP contribution in [0.3, 0.4) is 0 Å². The number of rotatable bonds is 4. The van der Waals surface area contributed by atoms with Crippen molar-refractivity contribution in [1.82, 2.24) is 15.0 Å². The smallest absolute Gasteiger partial charge is 0.337 e. The van der Waals surface area contributed by atoms with E-state index >= 15 is 0 Å². The molecule has 0 N–H and O–H groups in total. The minimum Gasteiger partial charge on any atom is -0.337 e. The van der Waals surface area contributed by atoms with E-state index in [2.05, 4.69) is 10.1 Å². The highest BCUT2D eigenvalue weighted by Gasteiger charge is 2.34. The molecule has 0 unspecified atom stereocenters. The second-order valence-corrected chi connectivity index (χ2v) is 7.82. The average molecular weight is 431 g/mol. The number of amides is 1. The van der Waals surface area contributed by atoms with Crippen molar-refractivity contribution in [3.63, 3.8) is 0 Å². The van der Waals surface area contributed by atoms with Crippen LogP contribution >= 0.6 is 11.3 Å². The molecule has 0 spiro atoms. The van der Waals surface area contributed by atoms with Gasteiger partial charge in [-0.15, -0.1) is 11.3 Å². The summed E-state index contributed by atoms with van der Waals surface area (Å²) in [5.41, 5.74) is -0.297. The number of aryl methyl sites for hydroxylation is 1. The first-order valence-electron chi connectivity index (χ1n) is 8.97. The van der Waals surface area contributed by atoms with Crippen LogP contribution in [-0.2, 0) is 12.7 Å². The van der Waals surface area contributed by atoms with Gasteiger partial charge in [-0.2, -0.15) is 13.2 Å². The zero-order valence-corrected chi connectivity index (χ0v) is 16.8. The van der Waals surface area contributed by atoms with Gasteiger partial charge < -0.3 is 9.42 Å². The second kappa shape index (κ2) is 7.56. The summed E-state index contributed by atoms with van der Waals surface area (Å²) in [4.78, 5) is 19.9. The Balaban J connectivity index is 1.85. The van der Waals surface area contributed by atoms with E-state index < -0.39 is 11.7 Å². The minimum absolute atomic E-state index is 0.000511. The summed E-state index contributed by atoms with van der Waals surface area (Å²) in [7, 11) is 1.64. The van der Waals surface area contributed by atoms with Gasteiger partial charge in [-0.3, -0.25) is 4.79 Å². The molecular weight excluding hydrogens is 415 g/mol. The zero-order valence-electron chi connectivity index (χ0n) is 16.0. The lowest BCUT2D eigenvalue weighted by atomic mass is 10.0. The summed E-state index contributed by atoms with van der Waals surface area (Å²) < 4.78 is 45.7. The van der Waals surface area contributed by atoms with Crippen LogP contribution in [0.25, 0.3) is 22.4 Å². The molecule has 3 heterocycles. The molecule has 9 heteroatoms. The van der Waals surface area contributed by atoms with Crippen LogP contribution in [0.4, 0.5) is 13.2 Å². The van der Waals surface area contributed by atoms with Gasteiger partial charge in [0.05, 0.1) is 34.4 Å². The topological polar surface area (TPSA) is 59.2 Å². The lowest BCUT2D eigenvalue weighted by molar-refractivity contribution is -0.137. The van der Waals surface area contributed by atoms with Gasteiger partial charge in [0, 0.05) is 17.5 Å². The number of hydrogen-bond donors (Lipinski definition) is 0. The van der Waals surface area contributed by atoms with Crippen LogP contribution in [0.1, 0.15) is 26.5 Å². The first-order valence-corrected chi connectivity index (χ1v) is 9.85. The number of hydrogen-bond acceptors (Lipinski definition) is 5. The Morgan fingerprint density at radius 2 is 1.97 bits per heavy atom. The number of fused-ring (bicyclic) bond motifs is 1. The molecule has 5 nitrogen and oxygen atoms in total. The summed E-state index contributed by atoms with van der Waals surface area (Å²) in [6.07, 6.45) is -4.56. The number of aromatic nitrogens is 2. The van der Waals surface area contributed by atoms with Gasteiger partial charge in [0.1, 0.15) is 0 Å². The Bertz CT molecular complexity index is 1220. The van der Waals surface area contributed by atoms with Crippen molar-refractivity contribution in [3.05, 3.63) is 69.5 Å². The van der Waals surface area contributed by atoms with E-state index in [0.717, 1.165) is 10.9 Å². The van der Waals surface area contributed by atoms with E-state index in [4.69, 9.17) is 4.52 Å². The molecule has 0 aliphatic rings. The van der Waals surface area contributed by atoms with Crippen LogP contribution in [0.5, 0.6) is 0 Å². The van der Waals surface area contributed by atoms with Crippen molar-refractivity contribution in [2.75, 3.05) is 7.05 Å². The standard InChI is InChI=1S/C21H16F3N3O2S/c1-12-18-15(20(28)27(2)11-13-6-5-9-30-13)10-17(25-19(18)29-26-12)14-7-3-4-8-16(14)21(22,23)24/h3-10H,11H2,1-2H3. The van der Waals surface area contributed by atoms with E-state index in [9.17, 15) is 18.0 Å². The second-order valence-electron chi connectivity index (χ2n) is 6.79. The van der Waals surface area contributed by atoms with Crippen molar-refractivity contribution in [1.29, 1.82) is 0 Å². The van der Waals surface area contributed by atoms with Crippen molar-refractivity contribution < 1.29 is 22.5 Å². The molecule has 4 rings (SSSR count). The number of thiophene rings is 1. The lowest BCUT2D eigenvalue weighted by Crippen LogP contribution is -2.26. The number of nitrogens with zero attached hydrogens (tertiary/aromatic N) is 3. The zero-order chi connectivity index (χ0) is 21.5. The maximum absolute atomic E-state index is 13.5. The molecule has 0 radical (unpaired) electrons. The Kier molecular flexibility index (Phi) is 5.07. The number of carbonyl (C=O) groups excluding carboxylic acids is 1. The summed E-state index contributed by atoms with van der Waals surface area (Å²) in [6.45, 7) is 2.03. The number of benzene rings is 1. The number of pyridine rings is 1. The molecule has 0 atom stereocenters. The first-order chi connectivity index (χ1) is 14.3. The normalized spacial score (nSPS) is 11.8. The van der Waals surface area contributed by atoms with Gasteiger partial charge in [0.25, 0.3) is 11.6 Å². The maximum Gasteiger partial charge on any atom is 0.417 e. The molecule has 154 valence electrons. The molecule has 0 saturated carbocycles. The predicted octanol–water partition coefficient (Wildman–Crippen LogP) is 5.55. The summed E-state index contributed by atoms with van der Waals surface area (Å²) >= 11 is 1.51. The monoisotopic (exact) mass is 431 g/mol. The molecule has 30 heavy (non-hydrogen) atoms. The molecule has 0 fully saturated rings. The Labute approximate surface area is 173 Å². The van der Waals surface area contributed by atoms with E-state index in [0.29, 0.717) is 17.6 Å². The molecule has 0 saturated heterocycles. The number of alkyl halides is 3. The minimum atomic E-state index is -4.56. The third-order valence-corrected chi connectivity index (χ3v) is 5.54. The van der Waals surface area contributed by atoms with Gasteiger partial charge in [0.2, 0.25) is 0 Å². The summed E-state index contributed by atoms with van der Waals surface area (Å²) in [6, 6.07) is 10.3. The van der Waals surface area contributed by atoms with Crippen LogP contribution in [-0.4, -0.2) is 28.0 Å². The van der Waals surface area contributed by atoms with Gasteiger partial charge in [0.15, 0.2) is 0 Å². The van der Waals surface area contributed by atoms with E-state index in [1.165, 1.54) is 40.5 Å². The number of halogens is 3. The highest BCUT2D eigenvalue weighted by Crippen LogP contribution is 2.37. The van der Waals surface area contributed by atoms with E-state index in [1.807, 2.05) is 17.5 Å². The summed E-state index contributed by atoms with van der Waals surface area (Å²) in [5.74, 6) is -0.354. The third kappa shape index (κ3) is 3.68. The number of carbonyl (C=O) groups is 1. The highest BCUT2D eigenvalue weighted by molar-refractivity contribution is 7.09. The first kappa shape index (κ1) is 20.1. The molecule has 1 aromatic carbocycles. The molecule has 4 aromatic rings. The molecule has 0 aliphatic carbocycles. The van der Waals surface area contributed by atoms with Gasteiger partial charge >= 0.3 is 6.18 Å². The van der Waals surface area contributed by atoms with Gasteiger partial charge in [-0.1, -0.05) is 29.4 Å². The fourth-order valence-electron chi connectivity index (χ4n) is 3.27. The largest absolute Gasteiger partial charge is 0.417 e. The molecule has 0 bridgehead atoms. The van der Waals surface area contributed by atoms with Gasteiger partial charge in [-0.05, 0) is 30.5 Å². The predicted molar refractivity (Wildman–Crippen MR) is 107 cm³/mol. The van der Waals surface area contributed by atoms with Crippen LogP contribution in [0.15, 0.2) is 52.4 Å². The SMILES string of the molecule is Cc1noc2nc(-c3ccccc3C(F)(F)F)cc(C(=O)N(C)Cc3cccs3)c12. The lowest BCUT2D eigenvalue weighted by Gasteiger charge is -2.18. The third-order valence-electron chi connectivity index (χ3n) is 4.68. The van der Waals surface area contributed by atoms with Crippen molar-refractivity contribution >= 4 is 28.3 Å². The highest BCUT2D eigenvalue weighted by atomic mass is 32.1. The summed E-state index contributed by atoms with van der Waals surface area (Å²) in [5, 5.41) is 6.16. The van der Waals surface area contributed by atoms with Crippen LogP contribution in [0, 0.1) is 6.92 Å². The molecule has 0 aliphatic heterocycles. The van der Waals surface area contributed by atoms with E-state index in [-0.39, 0.29) is 28.4 Å². The van der Waals surface area contributed by atoms with Crippen LogP contribution < -0.4 is 0 Å². The van der Waals surface area contributed by atoms with Crippen LogP contribution in [0.2, 0.25) is 0 Å². The van der Waals surface area contributed by atoms with Crippen molar-refractivity contribution in [3.8, 4) is 11.3 Å². The molecular formula is C21H16F3N3O2S. The van der Waals surface area contributed by atoms with Crippen molar-refractivity contribution in [2.45, 2.75) is 19.6 Å². The van der Waals surface area contributed by atoms with Gasteiger partial charge in [-0.25, -0.2) is 4.98 Å². The maximum atomic E-state index is 13.5. The Hall–Kier alpha value is -3.20. The molecule has 1 amide bonds. The Morgan fingerprint density at radius 3 is 2.67 bits per heavy atom. The average Bonchev–Trinajstić information content (AvgIpc) is 3.36. The Morgan fingerprint density at radius 1 is 1.20 bits per heavy atom. The van der Waals surface area contributed by atoms with E-state index in [1.54, 1.807) is 14.0 Å². The fraction of sp³-hybridized carbons (Fsp3) is 0.190.